The fourth-order valence-corrected chi connectivity index (χ4v) is 2.50. The zero-order chi connectivity index (χ0) is 15.2. The van der Waals surface area contributed by atoms with Crippen molar-refractivity contribution < 1.29 is 13.6 Å². The number of likely N-dealkylation sites (tertiary alicyclic amines) is 1. The Hall–Kier alpha value is -1.49. The minimum absolute atomic E-state index is 0.227. The Morgan fingerprint density at radius 3 is 2.43 bits per heavy atom. The molecule has 1 aliphatic rings. The second-order valence-corrected chi connectivity index (χ2v) is 5.49. The lowest BCUT2D eigenvalue weighted by atomic mass is 10.0. The fourth-order valence-electron chi connectivity index (χ4n) is 2.50. The maximum Gasteiger partial charge on any atom is 0.262 e. The summed E-state index contributed by atoms with van der Waals surface area (Å²) in [6, 6.07) is 7.18. The average Bonchev–Trinajstić information content (AvgIpc) is 2.44. The molecule has 2 rings (SSSR count). The first kappa shape index (κ1) is 15.9. The molecule has 1 saturated heterocycles. The molecule has 0 aliphatic carbocycles. The van der Waals surface area contributed by atoms with Crippen LogP contribution in [0.5, 0.6) is 0 Å². The highest BCUT2D eigenvalue weighted by molar-refractivity contribution is 5.79. The van der Waals surface area contributed by atoms with E-state index in [-0.39, 0.29) is 11.8 Å². The van der Waals surface area contributed by atoms with Crippen molar-refractivity contribution in [2.75, 3.05) is 19.6 Å². The molecule has 116 valence electrons. The van der Waals surface area contributed by atoms with Gasteiger partial charge in [0.2, 0.25) is 5.91 Å². The highest BCUT2D eigenvalue weighted by Crippen LogP contribution is 2.22. The second kappa shape index (κ2) is 7.50. The monoisotopic (exact) mass is 296 g/mol. The number of nitrogens with zero attached hydrogens (tertiary/aromatic N) is 1. The quantitative estimate of drug-likeness (QED) is 0.839. The lowest BCUT2D eigenvalue weighted by molar-refractivity contribution is -0.128. The van der Waals surface area contributed by atoms with Crippen LogP contribution in [-0.4, -0.2) is 36.9 Å². The molecule has 0 saturated carbocycles. The standard InChI is InChI=1S/C16H22F2N2O/c1-2-12(11-20-9-6-10-20)16(21)19-14(15(17)18)13-7-4-3-5-8-13/h3-5,7-8,12,14-15H,2,6,9-11H2,1H3,(H,19,21)/t12-,14?/m0/s1. The molecule has 0 bridgehead atoms. The van der Waals surface area contributed by atoms with E-state index in [0.717, 1.165) is 19.5 Å². The van der Waals surface area contributed by atoms with E-state index in [4.69, 9.17) is 0 Å². The number of hydrogen-bond acceptors (Lipinski definition) is 2. The third kappa shape index (κ3) is 4.24. The van der Waals surface area contributed by atoms with Crippen LogP contribution in [0.25, 0.3) is 0 Å². The van der Waals surface area contributed by atoms with Gasteiger partial charge in [0.15, 0.2) is 0 Å². The number of benzene rings is 1. The van der Waals surface area contributed by atoms with Gasteiger partial charge in [0.25, 0.3) is 6.43 Å². The molecule has 3 nitrogen and oxygen atoms in total. The summed E-state index contributed by atoms with van der Waals surface area (Å²) in [5.74, 6) is -0.506. The lowest BCUT2D eigenvalue weighted by Gasteiger charge is -2.33. The van der Waals surface area contributed by atoms with Crippen molar-refractivity contribution >= 4 is 5.91 Å². The van der Waals surface area contributed by atoms with Crippen LogP contribution < -0.4 is 5.32 Å². The van der Waals surface area contributed by atoms with E-state index in [1.54, 1.807) is 30.3 Å². The van der Waals surface area contributed by atoms with E-state index in [1.807, 2.05) is 6.92 Å². The summed E-state index contributed by atoms with van der Waals surface area (Å²) in [5.41, 5.74) is 0.444. The van der Waals surface area contributed by atoms with Gasteiger partial charge in [0, 0.05) is 6.54 Å². The highest BCUT2D eigenvalue weighted by atomic mass is 19.3. The van der Waals surface area contributed by atoms with Crippen LogP contribution in [0.3, 0.4) is 0 Å². The van der Waals surface area contributed by atoms with Gasteiger partial charge >= 0.3 is 0 Å². The molecule has 5 heteroatoms. The van der Waals surface area contributed by atoms with E-state index in [1.165, 1.54) is 0 Å². The van der Waals surface area contributed by atoms with E-state index >= 15 is 0 Å². The van der Waals surface area contributed by atoms with E-state index in [0.29, 0.717) is 18.5 Å². The SMILES string of the molecule is CC[C@@H](CN1CCC1)C(=O)NC(c1ccccc1)C(F)F. The van der Waals surface area contributed by atoms with Gasteiger partial charge in [0.1, 0.15) is 6.04 Å². The Bertz CT molecular complexity index is 449. The Kier molecular flexibility index (Phi) is 5.67. The van der Waals surface area contributed by atoms with Crippen LogP contribution in [0.2, 0.25) is 0 Å². The number of alkyl halides is 2. The van der Waals surface area contributed by atoms with Crippen molar-refractivity contribution in [3.05, 3.63) is 35.9 Å². The number of carbonyl (C=O) groups excluding carboxylic acids is 1. The molecule has 21 heavy (non-hydrogen) atoms. The van der Waals surface area contributed by atoms with Crippen molar-refractivity contribution in [1.82, 2.24) is 10.2 Å². The van der Waals surface area contributed by atoms with Gasteiger partial charge in [-0.05, 0) is 31.5 Å². The normalized spacial score (nSPS) is 18.1. The maximum absolute atomic E-state index is 13.2. The van der Waals surface area contributed by atoms with Crippen LogP contribution >= 0.6 is 0 Å². The van der Waals surface area contributed by atoms with Gasteiger partial charge in [-0.3, -0.25) is 4.79 Å². The molecule has 1 heterocycles. The summed E-state index contributed by atoms with van der Waals surface area (Å²) >= 11 is 0. The molecule has 1 aliphatic heterocycles. The number of halogens is 2. The molecule has 2 atom stereocenters. The van der Waals surface area contributed by atoms with Crippen molar-refractivity contribution in [2.45, 2.75) is 32.2 Å². The van der Waals surface area contributed by atoms with Gasteiger partial charge in [-0.25, -0.2) is 8.78 Å². The summed E-state index contributed by atoms with van der Waals surface area (Å²) in [6.07, 6.45) is -0.799. The van der Waals surface area contributed by atoms with Gasteiger partial charge in [-0.1, -0.05) is 37.3 Å². The summed E-state index contributed by atoms with van der Waals surface area (Å²) in [7, 11) is 0. The zero-order valence-electron chi connectivity index (χ0n) is 12.3. The van der Waals surface area contributed by atoms with E-state index < -0.39 is 12.5 Å². The Balaban J connectivity index is 1.99. The van der Waals surface area contributed by atoms with E-state index in [9.17, 15) is 13.6 Å². The smallest absolute Gasteiger partial charge is 0.262 e. The Morgan fingerprint density at radius 2 is 1.95 bits per heavy atom. The first-order chi connectivity index (χ1) is 10.1. The predicted octanol–water partition coefficient (Wildman–Crippen LogP) is 2.84. The second-order valence-electron chi connectivity index (χ2n) is 5.49. The van der Waals surface area contributed by atoms with Crippen LogP contribution in [0, 0.1) is 5.92 Å². The van der Waals surface area contributed by atoms with Gasteiger partial charge < -0.3 is 10.2 Å². The number of carbonyl (C=O) groups is 1. The first-order valence-electron chi connectivity index (χ1n) is 7.47. The molecule has 1 unspecified atom stereocenters. The third-order valence-corrected chi connectivity index (χ3v) is 4.00. The molecule has 1 fully saturated rings. The van der Waals surface area contributed by atoms with Crippen LogP contribution in [0.15, 0.2) is 30.3 Å². The van der Waals surface area contributed by atoms with Gasteiger partial charge in [0.05, 0.1) is 5.92 Å². The summed E-state index contributed by atoms with van der Waals surface area (Å²) in [6.45, 7) is 4.58. The molecule has 1 amide bonds. The largest absolute Gasteiger partial charge is 0.343 e. The molecular formula is C16H22F2N2O. The topological polar surface area (TPSA) is 32.3 Å². The predicted molar refractivity (Wildman–Crippen MR) is 78.2 cm³/mol. The zero-order valence-corrected chi connectivity index (χ0v) is 12.3. The Labute approximate surface area is 124 Å². The van der Waals surface area contributed by atoms with Gasteiger partial charge in [-0.2, -0.15) is 0 Å². The van der Waals surface area contributed by atoms with Gasteiger partial charge in [-0.15, -0.1) is 0 Å². The summed E-state index contributed by atoms with van der Waals surface area (Å²) in [4.78, 5) is 14.5. The third-order valence-electron chi connectivity index (χ3n) is 4.00. The minimum atomic E-state index is -2.61. The average molecular weight is 296 g/mol. The number of hydrogen-bond donors (Lipinski definition) is 1. The molecule has 1 N–H and O–H groups in total. The number of rotatable bonds is 7. The van der Waals surface area contributed by atoms with E-state index in [2.05, 4.69) is 10.2 Å². The van der Waals surface area contributed by atoms with Crippen molar-refractivity contribution in [1.29, 1.82) is 0 Å². The van der Waals surface area contributed by atoms with Crippen LogP contribution in [-0.2, 0) is 4.79 Å². The number of amides is 1. The van der Waals surface area contributed by atoms with Crippen LogP contribution in [0.1, 0.15) is 31.4 Å². The summed E-state index contributed by atoms with van der Waals surface area (Å²) < 4.78 is 26.5. The first-order valence-corrected chi connectivity index (χ1v) is 7.47. The molecule has 0 aromatic heterocycles. The van der Waals surface area contributed by atoms with Crippen molar-refractivity contribution in [3.63, 3.8) is 0 Å². The molecule has 1 aromatic carbocycles. The molecule has 0 spiro atoms. The minimum Gasteiger partial charge on any atom is -0.343 e. The summed E-state index contributed by atoms with van der Waals surface area (Å²) in [5, 5.41) is 2.52. The highest BCUT2D eigenvalue weighted by Gasteiger charge is 2.29. The Morgan fingerprint density at radius 1 is 1.29 bits per heavy atom. The van der Waals surface area contributed by atoms with Crippen molar-refractivity contribution in [3.8, 4) is 0 Å². The molecule has 0 radical (unpaired) electrons. The molecule has 1 aromatic rings. The number of nitrogens with one attached hydrogen (secondary N) is 1. The van der Waals surface area contributed by atoms with Crippen molar-refractivity contribution in [2.24, 2.45) is 5.92 Å². The maximum atomic E-state index is 13.2. The molecular weight excluding hydrogens is 274 g/mol. The van der Waals surface area contributed by atoms with Crippen LogP contribution in [0.4, 0.5) is 8.78 Å². The lowest BCUT2D eigenvalue weighted by Crippen LogP contribution is -2.46. The fraction of sp³-hybridized carbons (Fsp3) is 0.562.